The highest BCUT2D eigenvalue weighted by Gasteiger charge is 2.36. The molecule has 3 heteroatoms. The van der Waals surface area contributed by atoms with Crippen LogP contribution < -0.4 is 5.73 Å². The Morgan fingerprint density at radius 3 is 2.87 bits per heavy atom. The lowest BCUT2D eigenvalue weighted by atomic mass is 10.3. The molecule has 0 bridgehead atoms. The van der Waals surface area contributed by atoms with Gasteiger partial charge in [-0.15, -0.1) is 0 Å². The molecule has 2 atom stereocenters. The molecule has 2 unspecified atom stereocenters. The number of rotatable bonds is 5. The van der Waals surface area contributed by atoms with Crippen LogP contribution in [-0.4, -0.2) is 25.0 Å². The van der Waals surface area contributed by atoms with Crippen LogP contribution in [0, 0.1) is 5.92 Å². The second kappa shape index (κ2) is 4.37. The highest BCUT2D eigenvalue weighted by molar-refractivity contribution is 5.17. The van der Waals surface area contributed by atoms with Crippen LogP contribution in [0.15, 0.2) is 16.5 Å². The summed E-state index contributed by atoms with van der Waals surface area (Å²) in [5.74, 6) is 3.71. The quantitative estimate of drug-likeness (QED) is 0.802. The minimum atomic E-state index is 0.679. The van der Waals surface area contributed by atoms with E-state index in [1.54, 1.807) is 0 Å². The lowest BCUT2D eigenvalue weighted by Crippen LogP contribution is -2.24. The number of furan rings is 1. The van der Waals surface area contributed by atoms with Gasteiger partial charge >= 0.3 is 0 Å². The molecule has 1 fully saturated rings. The number of hydrogen-bond acceptors (Lipinski definition) is 3. The van der Waals surface area contributed by atoms with Gasteiger partial charge in [0.15, 0.2) is 0 Å². The minimum Gasteiger partial charge on any atom is -0.464 e. The Bertz CT molecular complexity index is 321. The summed E-state index contributed by atoms with van der Waals surface area (Å²) in [6.45, 7) is 4.74. The van der Waals surface area contributed by atoms with Crippen molar-refractivity contribution in [3.8, 4) is 0 Å². The molecule has 1 aliphatic carbocycles. The Kier molecular flexibility index (Phi) is 3.12. The third-order valence-electron chi connectivity index (χ3n) is 3.09. The zero-order valence-corrected chi connectivity index (χ0v) is 9.57. The SMILES string of the molecule is CC1CC1c1ccc(CN(C)CCN)o1. The van der Waals surface area contributed by atoms with Crippen molar-refractivity contribution < 1.29 is 4.42 Å². The third kappa shape index (κ3) is 2.61. The van der Waals surface area contributed by atoms with Crippen molar-refractivity contribution in [3.05, 3.63) is 23.7 Å². The molecule has 0 aromatic carbocycles. The number of nitrogens with two attached hydrogens (primary N) is 1. The largest absolute Gasteiger partial charge is 0.464 e. The average Bonchev–Trinajstić information content (AvgIpc) is 2.74. The molecular weight excluding hydrogens is 188 g/mol. The summed E-state index contributed by atoms with van der Waals surface area (Å²) in [6, 6.07) is 4.22. The highest BCUT2D eigenvalue weighted by Crippen LogP contribution is 2.47. The van der Waals surface area contributed by atoms with Crippen LogP contribution in [0.25, 0.3) is 0 Å². The van der Waals surface area contributed by atoms with Gasteiger partial charge in [0.2, 0.25) is 0 Å². The number of hydrogen-bond donors (Lipinski definition) is 1. The van der Waals surface area contributed by atoms with Crippen molar-refractivity contribution in [1.82, 2.24) is 4.90 Å². The normalized spacial score (nSPS) is 24.8. The van der Waals surface area contributed by atoms with Crippen molar-refractivity contribution in [2.24, 2.45) is 11.7 Å². The van der Waals surface area contributed by atoms with E-state index in [1.807, 2.05) is 0 Å². The maximum absolute atomic E-state index is 5.81. The summed E-state index contributed by atoms with van der Waals surface area (Å²) in [6.07, 6.45) is 1.28. The molecule has 0 radical (unpaired) electrons. The van der Waals surface area contributed by atoms with E-state index in [2.05, 4.69) is 31.0 Å². The van der Waals surface area contributed by atoms with Crippen LogP contribution in [-0.2, 0) is 6.54 Å². The Balaban J connectivity index is 1.89. The second-order valence-electron chi connectivity index (χ2n) is 4.65. The van der Waals surface area contributed by atoms with Gasteiger partial charge in [0.25, 0.3) is 0 Å². The molecule has 84 valence electrons. The smallest absolute Gasteiger partial charge is 0.118 e. The Morgan fingerprint density at radius 2 is 2.27 bits per heavy atom. The summed E-state index contributed by atoms with van der Waals surface area (Å²) in [4.78, 5) is 2.18. The number of likely N-dealkylation sites (N-methyl/N-ethyl adjacent to an activating group) is 1. The summed E-state index contributed by atoms with van der Waals surface area (Å²) >= 11 is 0. The summed E-state index contributed by atoms with van der Waals surface area (Å²) in [5.41, 5.74) is 5.49. The number of nitrogens with zero attached hydrogens (tertiary/aromatic N) is 1. The summed E-state index contributed by atoms with van der Waals surface area (Å²) in [5, 5.41) is 0. The van der Waals surface area contributed by atoms with E-state index in [0.29, 0.717) is 12.5 Å². The molecule has 0 spiro atoms. The van der Waals surface area contributed by atoms with E-state index in [0.717, 1.165) is 24.8 Å². The van der Waals surface area contributed by atoms with Crippen LogP contribution in [0.1, 0.15) is 30.8 Å². The van der Waals surface area contributed by atoms with Crippen molar-refractivity contribution >= 4 is 0 Å². The van der Waals surface area contributed by atoms with Crippen molar-refractivity contribution in [3.63, 3.8) is 0 Å². The van der Waals surface area contributed by atoms with Crippen molar-refractivity contribution in [2.45, 2.75) is 25.8 Å². The minimum absolute atomic E-state index is 0.679. The molecule has 2 N–H and O–H groups in total. The van der Waals surface area contributed by atoms with E-state index in [-0.39, 0.29) is 0 Å². The van der Waals surface area contributed by atoms with Crippen LogP contribution in [0.2, 0.25) is 0 Å². The van der Waals surface area contributed by atoms with E-state index in [1.165, 1.54) is 12.2 Å². The average molecular weight is 208 g/mol. The molecule has 1 heterocycles. The van der Waals surface area contributed by atoms with Crippen molar-refractivity contribution in [1.29, 1.82) is 0 Å². The summed E-state index contributed by atoms with van der Waals surface area (Å²) in [7, 11) is 2.06. The zero-order valence-electron chi connectivity index (χ0n) is 9.57. The van der Waals surface area contributed by atoms with Gasteiger partial charge in [-0.25, -0.2) is 0 Å². The van der Waals surface area contributed by atoms with E-state index >= 15 is 0 Å². The molecule has 0 amide bonds. The molecule has 1 aliphatic rings. The zero-order chi connectivity index (χ0) is 10.8. The van der Waals surface area contributed by atoms with Gasteiger partial charge in [0.1, 0.15) is 11.5 Å². The monoisotopic (exact) mass is 208 g/mol. The van der Waals surface area contributed by atoms with Crippen molar-refractivity contribution in [2.75, 3.05) is 20.1 Å². The first-order chi connectivity index (χ1) is 7.20. The Morgan fingerprint density at radius 1 is 1.53 bits per heavy atom. The van der Waals surface area contributed by atoms with Crippen LogP contribution in [0.5, 0.6) is 0 Å². The van der Waals surface area contributed by atoms with E-state index < -0.39 is 0 Å². The van der Waals surface area contributed by atoms with Gasteiger partial charge in [0, 0.05) is 19.0 Å². The first-order valence-electron chi connectivity index (χ1n) is 5.68. The third-order valence-corrected chi connectivity index (χ3v) is 3.09. The molecule has 1 aromatic rings. The van der Waals surface area contributed by atoms with Gasteiger partial charge in [-0.05, 0) is 31.5 Å². The lowest BCUT2D eigenvalue weighted by molar-refractivity contribution is 0.297. The molecule has 0 saturated heterocycles. The van der Waals surface area contributed by atoms with Gasteiger partial charge in [-0.3, -0.25) is 4.90 Å². The first-order valence-corrected chi connectivity index (χ1v) is 5.68. The predicted octanol–water partition coefficient (Wildman–Crippen LogP) is 1.79. The fraction of sp³-hybridized carbons (Fsp3) is 0.667. The Hall–Kier alpha value is -0.800. The predicted molar refractivity (Wildman–Crippen MR) is 60.6 cm³/mol. The molecule has 15 heavy (non-hydrogen) atoms. The van der Waals surface area contributed by atoms with Crippen LogP contribution in [0.3, 0.4) is 0 Å². The van der Waals surface area contributed by atoms with Gasteiger partial charge < -0.3 is 10.2 Å². The van der Waals surface area contributed by atoms with E-state index in [4.69, 9.17) is 10.2 Å². The maximum Gasteiger partial charge on any atom is 0.118 e. The molecular formula is C12H20N2O. The molecule has 0 aliphatic heterocycles. The van der Waals surface area contributed by atoms with E-state index in [9.17, 15) is 0 Å². The molecule has 1 aromatic heterocycles. The van der Waals surface area contributed by atoms with Crippen LogP contribution in [0.4, 0.5) is 0 Å². The molecule has 3 nitrogen and oxygen atoms in total. The fourth-order valence-electron chi connectivity index (χ4n) is 1.96. The van der Waals surface area contributed by atoms with Gasteiger partial charge in [-0.2, -0.15) is 0 Å². The van der Waals surface area contributed by atoms with Gasteiger partial charge in [0.05, 0.1) is 6.54 Å². The summed E-state index contributed by atoms with van der Waals surface area (Å²) < 4.78 is 5.81. The fourth-order valence-corrected chi connectivity index (χ4v) is 1.96. The Labute approximate surface area is 91.2 Å². The lowest BCUT2D eigenvalue weighted by Gasteiger charge is -2.12. The topological polar surface area (TPSA) is 42.4 Å². The van der Waals surface area contributed by atoms with Crippen LogP contribution >= 0.6 is 0 Å². The highest BCUT2D eigenvalue weighted by atomic mass is 16.3. The first kappa shape index (κ1) is 10.7. The molecule has 2 rings (SSSR count). The second-order valence-corrected chi connectivity index (χ2v) is 4.65. The standard InChI is InChI=1S/C12H20N2O/c1-9-7-11(9)12-4-3-10(15-12)8-14(2)6-5-13/h3-4,9,11H,5-8,13H2,1-2H3. The maximum atomic E-state index is 5.81. The van der Waals surface area contributed by atoms with Gasteiger partial charge in [-0.1, -0.05) is 6.92 Å². The molecule has 1 saturated carbocycles.